The van der Waals surface area contributed by atoms with Gasteiger partial charge in [0.1, 0.15) is 10.8 Å². The molecule has 4 heteroatoms. The van der Waals surface area contributed by atoms with Crippen LogP contribution in [0.1, 0.15) is 29.2 Å². The van der Waals surface area contributed by atoms with E-state index in [-0.39, 0.29) is 11.9 Å². The van der Waals surface area contributed by atoms with Crippen LogP contribution in [-0.4, -0.2) is 11.5 Å². The molecule has 0 fully saturated rings. The molecule has 0 saturated carbocycles. The van der Waals surface area contributed by atoms with Gasteiger partial charge in [0.15, 0.2) is 0 Å². The third kappa shape index (κ3) is 2.90. The predicted octanol–water partition coefficient (Wildman–Crippen LogP) is 3.29. The first-order chi connectivity index (χ1) is 8.20. The van der Waals surface area contributed by atoms with E-state index in [1.54, 1.807) is 23.5 Å². The van der Waals surface area contributed by atoms with Crippen molar-refractivity contribution in [2.75, 3.05) is 6.54 Å². The van der Waals surface area contributed by atoms with Gasteiger partial charge in [0.25, 0.3) is 0 Å². The fourth-order valence-electron chi connectivity index (χ4n) is 1.74. The van der Waals surface area contributed by atoms with E-state index in [0.717, 1.165) is 22.8 Å². The van der Waals surface area contributed by atoms with Crippen molar-refractivity contribution in [2.45, 2.75) is 19.9 Å². The lowest BCUT2D eigenvalue weighted by molar-refractivity contribution is 0.601. The molecular formula is C13H15FN2S. The summed E-state index contributed by atoms with van der Waals surface area (Å²) in [4.78, 5) is 4.47. The van der Waals surface area contributed by atoms with Crippen molar-refractivity contribution < 1.29 is 4.39 Å². The largest absolute Gasteiger partial charge is 0.305 e. The topological polar surface area (TPSA) is 24.9 Å². The van der Waals surface area contributed by atoms with Crippen LogP contribution in [-0.2, 0) is 0 Å². The summed E-state index contributed by atoms with van der Waals surface area (Å²) in [6.45, 7) is 4.82. The minimum Gasteiger partial charge on any atom is -0.305 e. The molecule has 1 atom stereocenters. The van der Waals surface area contributed by atoms with E-state index in [1.165, 1.54) is 6.07 Å². The van der Waals surface area contributed by atoms with Crippen molar-refractivity contribution in [3.8, 4) is 0 Å². The van der Waals surface area contributed by atoms with Gasteiger partial charge >= 0.3 is 0 Å². The molecule has 2 nitrogen and oxygen atoms in total. The summed E-state index contributed by atoms with van der Waals surface area (Å²) in [6.07, 6.45) is 0. The van der Waals surface area contributed by atoms with E-state index < -0.39 is 0 Å². The maximum Gasteiger partial charge on any atom is 0.123 e. The molecule has 1 aromatic carbocycles. The number of aromatic nitrogens is 1. The van der Waals surface area contributed by atoms with Gasteiger partial charge in [-0.3, -0.25) is 0 Å². The number of aryl methyl sites for hydroxylation is 1. The number of rotatable bonds is 4. The van der Waals surface area contributed by atoms with Gasteiger partial charge in [-0.25, -0.2) is 9.37 Å². The van der Waals surface area contributed by atoms with Crippen LogP contribution in [0.2, 0.25) is 0 Å². The average molecular weight is 250 g/mol. The first-order valence-electron chi connectivity index (χ1n) is 5.61. The van der Waals surface area contributed by atoms with Crippen LogP contribution in [0, 0.1) is 12.7 Å². The summed E-state index contributed by atoms with van der Waals surface area (Å²) < 4.78 is 13.2. The molecule has 0 bridgehead atoms. The molecule has 90 valence electrons. The highest BCUT2D eigenvalue weighted by Gasteiger charge is 2.16. The van der Waals surface area contributed by atoms with E-state index in [2.05, 4.69) is 10.3 Å². The number of benzene rings is 1. The van der Waals surface area contributed by atoms with Gasteiger partial charge in [-0.2, -0.15) is 0 Å². The number of hydrogen-bond donors (Lipinski definition) is 1. The van der Waals surface area contributed by atoms with E-state index in [4.69, 9.17) is 0 Å². The van der Waals surface area contributed by atoms with Crippen LogP contribution in [0.15, 0.2) is 29.6 Å². The molecule has 0 amide bonds. The molecule has 17 heavy (non-hydrogen) atoms. The molecule has 1 aromatic heterocycles. The van der Waals surface area contributed by atoms with E-state index in [9.17, 15) is 4.39 Å². The lowest BCUT2D eigenvalue weighted by atomic mass is 10.1. The number of nitrogens with one attached hydrogen (secondary N) is 1. The van der Waals surface area contributed by atoms with Gasteiger partial charge in [-0.1, -0.05) is 19.1 Å². The quantitative estimate of drug-likeness (QED) is 0.900. The van der Waals surface area contributed by atoms with Crippen LogP contribution in [0.4, 0.5) is 4.39 Å². The normalized spacial score (nSPS) is 12.6. The summed E-state index contributed by atoms with van der Waals surface area (Å²) in [7, 11) is 0. The van der Waals surface area contributed by atoms with Gasteiger partial charge in [-0.05, 0) is 31.2 Å². The van der Waals surface area contributed by atoms with Crippen molar-refractivity contribution in [3.05, 3.63) is 51.7 Å². The smallest absolute Gasteiger partial charge is 0.123 e. The second kappa shape index (κ2) is 5.38. The molecule has 0 radical (unpaired) electrons. The third-order valence-electron chi connectivity index (χ3n) is 2.47. The van der Waals surface area contributed by atoms with Crippen molar-refractivity contribution in [2.24, 2.45) is 0 Å². The Kier molecular flexibility index (Phi) is 3.86. The first-order valence-corrected chi connectivity index (χ1v) is 6.49. The second-order valence-corrected chi connectivity index (χ2v) is 4.76. The van der Waals surface area contributed by atoms with E-state index >= 15 is 0 Å². The van der Waals surface area contributed by atoms with Gasteiger partial charge in [0.05, 0.1) is 6.04 Å². The highest BCUT2D eigenvalue weighted by molar-refractivity contribution is 7.09. The molecular weight excluding hydrogens is 235 g/mol. The lowest BCUT2D eigenvalue weighted by Gasteiger charge is -2.15. The molecule has 1 N–H and O–H groups in total. The molecule has 2 rings (SSSR count). The highest BCUT2D eigenvalue weighted by atomic mass is 32.1. The number of halogens is 1. The fourth-order valence-corrected chi connectivity index (χ4v) is 2.64. The van der Waals surface area contributed by atoms with Crippen molar-refractivity contribution in [3.63, 3.8) is 0 Å². The molecule has 0 spiro atoms. The number of nitrogens with zero attached hydrogens (tertiary/aromatic N) is 1. The number of hydrogen-bond acceptors (Lipinski definition) is 3. The zero-order valence-electron chi connectivity index (χ0n) is 9.90. The Morgan fingerprint density at radius 3 is 2.88 bits per heavy atom. The maximum atomic E-state index is 13.2. The molecule has 1 heterocycles. The summed E-state index contributed by atoms with van der Waals surface area (Å²) in [5.41, 5.74) is 1.92. The van der Waals surface area contributed by atoms with Gasteiger partial charge in [0, 0.05) is 11.1 Å². The fraction of sp³-hybridized carbons (Fsp3) is 0.308. The monoisotopic (exact) mass is 250 g/mol. The van der Waals surface area contributed by atoms with Crippen molar-refractivity contribution in [1.82, 2.24) is 10.3 Å². The number of thiazole rings is 1. The van der Waals surface area contributed by atoms with Crippen LogP contribution in [0.25, 0.3) is 0 Å². The first kappa shape index (κ1) is 12.2. The van der Waals surface area contributed by atoms with Gasteiger partial charge in [0.2, 0.25) is 0 Å². The molecule has 2 aromatic rings. The minimum atomic E-state index is -0.210. The second-order valence-electron chi connectivity index (χ2n) is 3.87. The van der Waals surface area contributed by atoms with Crippen molar-refractivity contribution in [1.29, 1.82) is 0 Å². The Bertz CT molecular complexity index is 496. The summed E-state index contributed by atoms with van der Waals surface area (Å²) in [6, 6.07) is 6.65. The zero-order valence-corrected chi connectivity index (χ0v) is 10.7. The Morgan fingerprint density at radius 2 is 2.29 bits per heavy atom. The highest BCUT2D eigenvalue weighted by Crippen LogP contribution is 2.25. The maximum absolute atomic E-state index is 13.2. The molecule has 0 aliphatic carbocycles. The van der Waals surface area contributed by atoms with Gasteiger partial charge in [-0.15, -0.1) is 11.3 Å². The average Bonchev–Trinajstić information content (AvgIpc) is 2.72. The summed E-state index contributed by atoms with van der Waals surface area (Å²) >= 11 is 1.60. The van der Waals surface area contributed by atoms with E-state index in [0.29, 0.717) is 0 Å². The summed E-state index contributed by atoms with van der Waals surface area (Å²) in [5.74, 6) is -0.210. The van der Waals surface area contributed by atoms with Crippen LogP contribution in [0.3, 0.4) is 0 Å². The Labute approximate surface area is 105 Å². The molecule has 0 aliphatic heterocycles. The Hall–Kier alpha value is -1.26. The zero-order chi connectivity index (χ0) is 12.3. The van der Waals surface area contributed by atoms with Crippen molar-refractivity contribution >= 4 is 11.3 Å². The van der Waals surface area contributed by atoms with Crippen LogP contribution in [0.5, 0.6) is 0 Å². The molecule has 0 saturated heterocycles. The third-order valence-corrected chi connectivity index (χ3v) is 3.50. The molecule has 0 aliphatic rings. The SMILES string of the molecule is CCNC(c1cccc(F)c1)c1nc(C)cs1. The predicted molar refractivity (Wildman–Crippen MR) is 68.8 cm³/mol. The lowest BCUT2D eigenvalue weighted by Crippen LogP contribution is -2.22. The minimum absolute atomic E-state index is 0.0191. The van der Waals surface area contributed by atoms with Gasteiger partial charge < -0.3 is 5.32 Å². The Morgan fingerprint density at radius 1 is 1.47 bits per heavy atom. The molecule has 1 unspecified atom stereocenters. The summed E-state index contributed by atoms with van der Waals surface area (Å²) in [5, 5.41) is 6.33. The van der Waals surface area contributed by atoms with E-state index in [1.807, 2.05) is 25.3 Å². The Balaban J connectivity index is 2.35. The van der Waals surface area contributed by atoms with Crippen LogP contribution < -0.4 is 5.32 Å². The van der Waals surface area contributed by atoms with Crippen LogP contribution >= 0.6 is 11.3 Å². The standard InChI is InChI=1S/C13H15FN2S/c1-3-15-12(13-16-9(2)8-17-13)10-5-4-6-11(14)7-10/h4-8,12,15H,3H2,1-2H3.